The zero-order valence-electron chi connectivity index (χ0n) is 14.2. The van der Waals surface area contributed by atoms with E-state index in [1.54, 1.807) is 11.3 Å². The number of rotatable bonds is 5. The summed E-state index contributed by atoms with van der Waals surface area (Å²) in [6.45, 7) is 2.89. The molecule has 0 radical (unpaired) electrons. The number of thiazole rings is 1. The molecule has 2 aromatic heterocycles. The smallest absolute Gasteiger partial charge is 0.167 e. The molecule has 0 aliphatic heterocycles. The van der Waals surface area contributed by atoms with Gasteiger partial charge in [0, 0.05) is 18.2 Å². The molecule has 126 valence electrons. The van der Waals surface area contributed by atoms with Crippen LogP contribution in [0.3, 0.4) is 0 Å². The van der Waals surface area contributed by atoms with Crippen molar-refractivity contribution >= 4 is 21.6 Å². The van der Waals surface area contributed by atoms with Crippen LogP contribution in [0.25, 0.3) is 21.5 Å². The minimum absolute atomic E-state index is 0.217. The molecule has 0 fully saturated rings. The molecule has 1 atom stereocenters. The lowest BCUT2D eigenvalue weighted by Gasteiger charge is -2.21. The molecule has 0 aliphatic rings. The first kappa shape index (κ1) is 16.0. The largest absolute Gasteiger partial charge is 0.356 e. The van der Waals surface area contributed by atoms with Gasteiger partial charge in [0.1, 0.15) is 5.01 Å². The van der Waals surface area contributed by atoms with E-state index in [9.17, 15) is 0 Å². The van der Waals surface area contributed by atoms with Crippen molar-refractivity contribution in [1.29, 1.82) is 0 Å². The predicted octanol–water partition coefficient (Wildman–Crippen LogP) is 5.14. The van der Waals surface area contributed by atoms with Crippen LogP contribution in [0.1, 0.15) is 23.7 Å². The molecule has 0 amide bonds. The van der Waals surface area contributed by atoms with Crippen LogP contribution in [0.5, 0.6) is 0 Å². The molecule has 0 unspecified atom stereocenters. The lowest BCUT2D eigenvalue weighted by molar-refractivity contribution is 0.245. The third kappa shape index (κ3) is 3.34. The van der Waals surface area contributed by atoms with Crippen molar-refractivity contribution in [3.05, 3.63) is 71.4 Å². The normalized spacial score (nSPS) is 12.8. The van der Waals surface area contributed by atoms with E-state index < -0.39 is 0 Å². The van der Waals surface area contributed by atoms with Crippen LogP contribution in [0.2, 0.25) is 0 Å². The van der Waals surface area contributed by atoms with Gasteiger partial charge in [-0.1, -0.05) is 47.6 Å². The van der Waals surface area contributed by atoms with Gasteiger partial charge in [-0.2, -0.15) is 0 Å². The summed E-state index contributed by atoms with van der Waals surface area (Å²) in [6, 6.07) is 20.5. The third-order valence-corrected chi connectivity index (χ3v) is 5.56. The summed E-state index contributed by atoms with van der Waals surface area (Å²) in [6.07, 6.45) is 0. The number of hydrogen-bond donors (Lipinski definition) is 0. The standard InChI is InChI=1S/C20H19N3OS/c1-14(20-21-17-10-6-7-11-19(17)25-20)23(2)13-16-12-18(24-22-16)15-8-4-3-5-9-15/h3-12,14H,13H2,1-2H3/t14-/m0/s1. The zero-order chi connectivity index (χ0) is 17.2. The number of nitrogens with zero attached hydrogens (tertiary/aromatic N) is 3. The van der Waals surface area contributed by atoms with Gasteiger partial charge in [-0.3, -0.25) is 4.90 Å². The second-order valence-electron chi connectivity index (χ2n) is 6.16. The van der Waals surface area contributed by atoms with Gasteiger partial charge in [-0.15, -0.1) is 11.3 Å². The first-order valence-corrected chi connectivity index (χ1v) is 9.09. The molecule has 2 heterocycles. The highest BCUT2D eigenvalue weighted by Gasteiger charge is 2.18. The number of hydrogen-bond acceptors (Lipinski definition) is 5. The fraction of sp³-hybridized carbons (Fsp3) is 0.200. The highest BCUT2D eigenvalue weighted by Crippen LogP contribution is 2.29. The molecule has 0 aliphatic carbocycles. The van der Waals surface area contributed by atoms with Crippen LogP contribution >= 0.6 is 11.3 Å². The summed E-state index contributed by atoms with van der Waals surface area (Å²) in [4.78, 5) is 7.00. The molecule has 0 N–H and O–H groups in total. The van der Waals surface area contributed by atoms with Crippen molar-refractivity contribution in [3.63, 3.8) is 0 Å². The van der Waals surface area contributed by atoms with Crippen molar-refractivity contribution in [2.45, 2.75) is 19.5 Å². The maximum absolute atomic E-state index is 5.50. The van der Waals surface area contributed by atoms with Crippen molar-refractivity contribution in [3.8, 4) is 11.3 Å². The molecule has 0 bridgehead atoms. The zero-order valence-corrected chi connectivity index (χ0v) is 15.0. The first-order chi connectivity index (χ1) is 12.2. The number of benzene rings is 2. The fourth-order valence-electron chi connectivity index (χ4n) is 2.77. The molecule has 5 heteroatoms. The fourth-order valence-corrected chi connectivity index (χ4v) is 3.86. The third-order valence-electron chi connectivity index (χ3n) is 4.36. The molecule has 0 saturated heterocycles. The van der Waals surface area contributed by atoms with Gasteiger partial charge in [0.05, 0.1) is 22.0 Å². The summed E-state index contributed by atoms with van der Waals surface area (Å²) in [7, 11) is 2.09. The Morgan fingerprint density at radius 3 is 2.64 bits per heavy atom. The van der Waals surface area contributed by atoms with E-state index in [-0.39, 0.29) is 6.04 Å². The first-order valence-electron chi connectivity index (χ1n) is 8.27. The van der Waals surface area contributed by atoms with Crippen molar-refractivity contribution < 1.29 is 4.52 Å². The minimum Gasteiger partial charge on any atom is -0.356 e. The topological polar surface area (TPSA) is 42.2 Å². The quantitative estimate of drug-likeness (QED) is 0.500. The van der Waals surface area contributed by atoms with Crippen LogP contribution in [-0.2, 0) is 6.54 Å². The SMILES string of the molecule is C[C@@H](c1nc2ccccc2s1)N(C)Cc1cc(-c2ccccc2)on1. The van der Waals surface area contributed by atoms with Crippen molar-refractivity contribution in [2.24, 2.45) is 0 Å². The molecule has 25 heavy (non-hydrogen) atoms. The maximum atomic E-state index is 5.50. The van der Waals surface area contributed by atoms with Crippen LogP contribution in [0, 0.1) is 0 Å². The minimum atomic E-state index is 0.217. The summed E-state index contributed by atoms with van der Waals surface area (Å²) in [5.41, 5.74) is 3.04. The van der Waals surface area contributed by atoms with E-state index in [0.717, 1.165) is 27.5 Å². The lowest BCUT2D eigenvalue weighted by Crippen LogP contribution is -2.21. The number of para-hydroxylation sites is 1. The van der Waals surface area contributed by atoms with Crippen LogP contribution in [0.15, 0.2) is 65.2 Å². The second-order valence-corrected chi connectivity index (χ2v) is 7.22. The van der Waals surface area contributed by atoms with E-state index in [4.69, 9.17) is 9.51 Å². The average Bonchev–Trinajstić information content (AvgIpc) is 3.28. The summed E-state index contributed by atoms with van der Waals surface area (Å²) in [5, 5.41) is 5.34. The van der Waals surface area contributed by atoms with E-state index in [1.807, 2.05) is 42.5 Å². The molecular weight excluding hydrogens is 330 g/mol. The van der Waals surface area contributed by atoms with E-state index in [0.29, 0.717) is 6.54 Å². The Morgan fingerprint density at radius 2 is 1.84 bits per heavy atom. The van der Waals surface area contributed by atoms with Gasteiger partial charge in [0.25, 0.3) is 0 Å². The lowest BCUT2D eigenvalue weighted by atomic mass is 10.1. The van der Waals surface area contributed by atoms with E-state index in [1.165, 1.54) is 4.70 Å². The average molecular weight is 349 g/mol. The van der Waals surface area contributed by atoms with Crippen LogP contribution < -0.4 is 0 Å². The summed E-state index contributed by atoms with van der Waals surface area (Å²) in [5.74, 6) is 0.802. The Hall–Kier alpha value is -2.50. The Labute approximate surface area is 150 Å². The molecule has 2 aromatic carbocycles. The molecular formula is C20H19N3OS. The van der Waals surface area contributed by atoms with Gasteiger partial charge in [-0.05, 0) is 26.1 Å². The highest BCUT2D eigenvalue weighted by atomic mass is 32.1. The van der Waals surface area contributed by atoms with Gasteiger partial charge in [0.15, 0.2) is 5.76 Å². The van der Waals surface area contributed by atoms with E-state index in [2.05, 4.69) is 42.2 Å². The molecule has 4 aromatic rings. The van der Waals surface area contributed by atoms with Gasteiger partial charge >= 0.3 is 0 Å². The predicted molar refractivity (Wildman–Crippen MR) is 101 cm³/mol. The Balaban J connectivity index is 1.49. The van der Waals surface area contributed by atoms with Crippen LogP contribution in [-0.4, -0.2) is 22.1 Å². The Kier molecular flexibility index (Phi) is 4.34. The Bertz CT molecular complexity index is 944. The number of aromatic nitrogens is 2. The van der Waals surface area contributed by atoms with Crippen molar-refractivity contribution in [1.82, 2.24) is 15.0 Å². The van der Waals surface area contributed by atoms with Crippen molar-refractivity contribution in [2.75, 3.05) is 7.05 Å². The van der Waals surface area contributed by atoms with Gasteiger partial charge in [0.2, 0.25) is 0 Å². The summed E-state index contributed by atoms with van der Waals surface area (Å²) >= 11 is 1.75. The molecule has 0 spiro atoms. The second kappa shape index (κ2) is 6.78. The van der Waals surface area contributed by atoms with E-state index >= 15 is 0 Å². The Morgan fingerprint density at radius 1 is 1.08 bits per heavy atom. The van der Waals surface area contributed by atoms with Crippen LogP contribution in [0.4, 0.5) is 0 Å². The number of fused-ring (bicyclic) bond motifs is 1. The molecule has 0 saturated carbocycles. The van der Waals surface area contributed by atoms with Gasteiger partial charge < -0.3 is 4.52 Å². The van der Waals surface area contributed by atoms with Gasteiger partial charge in [-0.25, -0.2) is 4.98 Å². The molecule has 4 nitrogen and oxygen atoms in total. The highest BCUT2D eigenvalue weighted by molar-refractivity contribution is 7.18. The maximum Gasteiger partial charge on any atom is 0.167 e. The summed E-state index contributed by atoms with van der Waals surface area (Å²) < 4.78 is 6.72. The molecule has 4 rings (SSSR count). The monoisotopic (exact) mass is 349 g/mol.